The van der Waals surface area contributed by atoms with E-state index < -0.39 is 53.1 Å². The summed E-state index contributed by atoms with van der Waals surface area (Å²) >= 11 is 0. The van der Waals surface area contributed by atoms with Crippen molar-refractivity contribution in [2.75, 3.05) is 5.32 Å². The number of hydrogen-bond donors (Lipinski definition) is 1. The molecule has 4 rings (SSSR count). The van der Waals surface area contributed by atoms with Crippen molar-refractivity contribution in [3.63, 3.8) is 0 Å². The first-order chi connectivity index (χ1) is 13.0. The van der Waals surface area contributed by atoms with Crippen molar-refractivity contribution >= 4 is 17.3 Å². The second-order valence-corrected chi connectivity index (χ2v) is 7.88. The minimum Gasteiger partial charge on any atom is -0.342 e. The number of carbonyl (C=O) groups excluding carboxylic acids is 1. The molecule has 10 nitrogen and oxygen atoms in total. The zero-order valence-corrected chi connectivity index (χ0v) is 15.9. The molecule has 10 heteroatoms. The van der Waals surface area contributed by atoms with Gasteiger partial charge in [-0.15, -0.1) is 0 Å². The molecule has 0 bridgehead atoms. The Balaban J connectivity index is 1.54. The van der Waals surface area contributed by atoms with E-state index in [4.69, 9.17) is 23.7 Å². The van der Waals surface area contributed by atoms with E-state index in [2.05, 4.69) is 5.32 Å². The summed E-state index contributed by atoms with van der Waals surface area (Å²) in [5.74, 6) is -2.24. The fourth-order valence-electron chi connectivity index (χ4n) is 3.70. The lowest BCUT2D eigenvalue weighted by atomic mass is 9.98. The van der Waals surface area contributed by atoms with Crippen LogP contribution < -0.4 is 5.32 Å². The van der Waals surface area contributed by atoms with Crippen LogP contribution in [0, 0.1) is 10.1 Å². The van der Waals surface area contributed by atoms with Crippen LogP contribution in [0.4, 0.5) is 11.4 Å². The van der Waals surface area contributed by atoms with Crippen LogP contribution in [0.1, 0.15) is 27.7 Å². The average Bonchev–Trinajstić information content (AvgIpc) is 3.08. The molecule has 3 heterocycles. The molecule has 152 valence electrons. The third-order valence-corrected chi connectivity index (χ3v) is 4.76. The molecule has 3 aliphatic rings. The highest BCUT2D eigenvalue weighted by molar-refractivity contribution is 5.95. The molecule has 0 saturated carbocycles. The van der Waals surface area contributed by atoms with E-state index in [1.54, 1.807) is 27.7 Å². The molecule has 1 N–H and O–H groups in total. The van der Waals surface area contributed by atoms with Crippen molar-refractivity contribution in [1.29, 1.82) is 0 Å². The van der Waals surface area contributed by atoms with Crippen molar-refractivity contribution in [2.45, 2.75) is 70.0 Å². The Kier molecular flexibility index (Phi) is 4.43. The van der Waals surface area contributed by atoms with Crippen LogP contribution in [-0.2, 0) is 28.5 Å². The van der Waals surface area contributed by atoms with Gasteiger partial charge in [0, 0.05) is 17.8 Å². The van der Waals surface area contributed by atoms with Gasteiger partial charge in [-0.2, -0.15) is 0 Å². The minimum absolute atomic E-state index is 0.0668. The predicted octanol–water partition coefficient (Wildman–Crippen LogP) is 1.93. The summed E-state index contributed by atoms with van der Waals surface area (Å²) in [5.41, 5.74) is 0.336. The van der Waals surface area contributed by atoms with E-state index in [-0.39, 0.29) is 5.69 Å². The molecule has 0 spiro atoms. The second kappa shape index (κ2) is 6.46. The Labute approximate surface area is 161 Å². The molecule has 3 saturated heterocycles. The van der Waals surface area contributed by atoms with Gasteiger partial charge in [-0.3, -0.25) is 14.9 Å². The fourth-order valence-corrected chi connectivity index (χ4v) is 3.70. The molecule has 0 aromatic heterocycles. The third-order valence-electron chi connectivity index (χ3n) is 4.76. The first-order valence-corrected chi connectivity index (χ1v) is 8.97. The molecular weight excluding hydrogens is 372 g/mol. The third kappa shape index (κ3) is 3.49. The van der Waals surface area contributed by atoms with E-state index in [1.165, 1.54) is 24.3 Å². The lowest BCUT2D eigenvalue weighted by Crippen LogP contribution is -2.58. The van der Waals surface area contributed by atoms with Crippen LogP contribution in [0.15, 0.2) is 24.3 Å². The van der Waals surface area contributed by atoms with E-state index >= 15 is 0 Å². The van der Waals surface area contributed by atoms with E-state index in [1.807, 2.05) is 0 Å². The molecule has 0 aliphatic carbocycles. The number of fused-ring (bicyclic) bond motifs is 3. The Morgan fingerprint density at radius 2 is 1.54 bits per heavy atom. The van der Waals surface area contributed by atoms with Crippen molar-refractivity contribution in [3.05, 3.63) is 34.4 Å². The van der Waals surface area contributed by atoms with Gasteiger partial charge in [0.2, 0.25) is 0 Å². The maximum absolute atomic E-state index is 12.9. The number of nitrogens with one attached hydrogen (secondary N) is 1. The topological polar surface area (TPSA) is 118 Å². The Morgan fingerprint density at radius 1 is 0.964 bits per heavy atom. The summed E-state index contributed by atoms with van der Waals surface area (Å²) in [6, 6.07) is 5.52. The number of nitro groups is 1. The summed E-state index contributed by atoms with van der Waals surface area (Å²) in [6.45, 7) is 7.03. The normalized spacial score (nSPS) is 35.1. The van der Waals surface area contributed by atoms with Gasteiger partial charge in [0.25, 0.3) is 11.6 Å². The number of anilines is 1. The van der Waals surface area contributed by atoms with E-state index in [0.717, 1.165) is 0 Å². The van der Waals surface area contributed by atoms with Crippen LogP contribution in [0.3, 0.4) is 0 Å². The fraction of sp³-hybridized carbons (Fsp3) is 0.611. The Bertz CT molecular complexity index is 793. The van der Waals surface area contributed by atoms with Gasteiger partial charge in [-0.25, -0.2) is 0 Å². The van der Waals surface area contributed by atoms with Crippen molar-refractivity contribution < 1.29 is 33.4 Å². The van der Waals surface area contributed by atoms with Crippen LogP contribution in [-0.4, -0.2) is 53.1 Å². The standard InChI is InChI=1S/C18H22N2O8/c1-17(2)25-11-12(26-17)14-16(28-18(3,4)27-14)24-13(11)15(21)19-9-5-7-10(8-6-9)20(22)23/h5-8,11-14,16H,1-4H3,(H,19,21)/t11-,12-,13+,14+,16+/m1/s1. The van der Waals surface area contributed by atoms with Gasteiger partial charge in [-0.05, 0) is 39.8 Å². The van der Waals surface area contributed by atoms with Crippen LogP contribution >= 0.6 is 0 Å². The lowest BCUT2D eigenvalue weighted by Gasteiger charge is -2.36. The molecule has 0 unspecified atom stereocenters. The minimum atomic E-state index is -0.999. The summed E-state index contributed by atoms with van der Waals surface area (Å²) in [6.07, 6.45) is -3.53. The monoisotopic (exact) mass is 394 g/mol. The van der Waals surface area contributed by atoms with Gasteiger partial charge in [0.15, 0.2) is 24.0 Å². The zero-order chi connectivity index (χ0) is 20.3. The van der Waals surface area contributed by atoms with Gasteiger partial charge >= 0.3 is 0 Å². The predicted molar refractivity (Wildman–Crippen MR) is 94.2 cm³/mol. The van der Waals surface area contributed by atoms with E-state index in [9.17, 15) is 14.9 Å². The highest BCUT2D eigenvalue weighted by Crippen LogP contribution is 2.44. The van der Waals surface area contributed by atoms with Gasteiger partial charge in [0.05, 0.1) is 4.92 Å². The lowest BCUT2D eigenvalue weighted by molar-refractivity contribution is -0.384. The smallest absolute Gasteiger partial charge is 0.269 e. The second-order valence-electron chi connectivity index (χ2n) is 7.88. The first-order valence-electron chi connectivity index (χ1n) is 8.97. The number of carbonyl (C=O) groups is 1. The number of hydrogen-bond acceptors (Lipinski definition) is 8. The Hall–Kier alpha value is -2.11. The first kappa shape index (κ1) is 19.2. The Morgan fingerprint density at radius 3 is 2.18 bits per heavy atom. The van der Waals surface area contributed by atoms with Crippen LogP contribution in [0.25, 0.3) is 0 Å². The molecule has 0 radical (unpaired) electrons. The highest BCUT2D eigenvalue weighted by atomic mass is 16.9. The van der Waals surface area contributed by atoms with Crippen molar-refractivity contribution in [3.8, 4) is 0 Å². The summed E-state index contributed by atoms with van der Waals surface area (Å²) in [4.78, 5) is 23.1. The number of amides is 1. The van der Waals surface area contributed by atoms with Gasteiger partial charge < -0.3 is 29.0 Å². The largest absolute Gasteiger partial charge is 0.342 e. The number of rotatable bonds is 3. The van der Waals surface area contributed by atoms with Crippen LogP contribution in [0.2, 0.25) is 0 Å². The maximum Gasteiger partial charge on any atom is 0.269 e. The number of ether oxygens (including phenoxy) is 5. The molecule has 28 heavy (non-hydrogen) atoms. The number of non-ortho nitro benzene ring substituents is 1. The molecule has 1 amide bonds. The molecule has 1 aromatic rings. The maximum atomic E-state index is 12.9. The number of benzene rings is 1. The van der Waals surface area contributed by atoms with Gasteiger partial charge in [0.1, 0.15) is 18.3 Å². The molecule has 1 aromatic carbocycles. The number of nitrogens with zero attached hydrogens (tertiary/aromatic N) is 1. The zero-order valence-electron chi connectivity index (χ0n) is 15.9. The summed E-state index contributed by atoms with van der Waals surface area (Å²) in [7, 11) is 0. The number of nitro benzene ring substituents is 1. The molecule has 3 fully saturated rings. The molecule has 5 atom stereocenters. The SMILES string of the molecule is CC1(C)O[C@@H]2O[C@H](C(=O)Nc3ccc([N+](=O)[O-])cc3)[C@@H]3OC(C)(C)O[C@H]3[C@@H]2O1. The molecular formula is C18H22N2O8. The van der Waals surface area contributed by atoms with E-state index in [0.29, 0.717) is 5.69 Å². The summed E-state index contributed by atoms with van der Waals surface area (Å²) in [5, 5.41) is 13.5. The van der Waals surface area contributed by atoms with Crippen LogP contribution in [0.5, 0.6) is 0 Å². The summed E-state index contributed by atoms with van der Waals surface area (Å²) < 4.78 is 29.4. The average molecular weight is 394 g/mol. The van der Waals surface area contributed by atoms with Crippen molar-refractivity contribution in [1.82, 2.24) is 0 Å². The quantitative estimate of drug-likeness (QED) is 0.610. The van der Waals surface area contributed by atoms with Crippen molar-refractivity contribution in [2.24, 2.45) is 0 Å². The van der Waals surface area contributed by atoms with Gasteiger partial charge in [-0.1, -0.05) is 0 Å². The highest BCUT2D eigenvalue weighted by Gasteiger charge is 2.62. The molecule has 3 aliphatic heterocycles.